The summed E-state index contributed by atoms with van der Waals surface area (Å²) in [6.45, 7) is 1.97. The lowest BCUT2D eigenvalue weighted by Crippen LogP contribution is -2.56. The third-order valence-electron chi connectivity index (χ3n) is 4.19. The minimum absolute atomic E-state index is 0.247. The van der Waals surface area contributed by atoms with Crippen molar-refractivity contribution in [1.82, 2.24) is 10.2 Å². The van der Waals surface area contributed by atoms with Crippen molar-refractivity contribution in [2.45, 2.75) is 37.6 Å². The van der Waals surface area contributed by atoms with Crippen molar-refractivity contribution in [3.05, 3.63) is 0 Å². The Morgan fingerprint density at radius 2 is 2.11 bits per heavy atom. The highest BCUT2D eigenvalue weighted by molar-refractivity contribution is 5.86. The molecule has 6 nitrogen and oxygen atoms in total. The van der Waals surface area contributed by atoms with Gasteiger partial charge in [-0.2, -0.15) is 0 Å². The summed E-state index contributed by atoms with van der Waals surface area (Å²) in [7, 11) is 1.65. The number of hydrogen-bond acceptors (Lipinski definition) is 3. The van der Waals surface area contributed by atoms with Crippen LogP contribution in [-0.2, 0) is 9.53 Å². The lowest BCUT2D eigenvalue weighted by molar-refractivity contribution is -0.144. The minimum Gasteiger partial charge on any atom is -0.480 e. The second kappa shape index (κ2) is 5.77. The molecule has 1 aliphatic carbocycles. The largest absolute Gasteiger partial charge is 0.480 e. The summed E-state index contributed by atoms with van der Waals surface area (Å²) in [5.74, 6) is -0.550. The van der Waals surface area contributed by atoms with Gasteiger partial charge in [0.15, 0.2) is 0 Å². The molecule has 1 aliphatic heterocycles. The minimum atomic E-state index is -1.05. The number of carboxylic acid groups (broad SMARTS) is 1. The zero-order chi connectivity index (χ0) is 13.9. The van der Waals surface area contributed by atoms with E-state index in [1.54, 1.807) is 12.0 Å². The van der Waals surface area contributed by atoms with Crippen LogP contribution in [0.15, 0.2) is 0 Å². The lowest BCUT2D eigenvalue weighted by Gasteiger charge is -2.28. The van der Waals surface area contributed by atoms with E-state index in [9.17, 15) is 14.7 Å². The molecule has 0 aromatic rings. The van der Waals surface area contributed by atoms with Gasteiger partial charge >= 0.3 is 12.0 Å². The maximum absolute atomic E-state index is 12.2. The van der Waals surface area contributed by atoms with Gasteiger partial charge in [0.2, 0.25) is 0 Å². The number of carbonyl (C=O) groups excluding carboxylic acids is 1. The summed E-state index contributed by atoms with van der Waals surface area (Å²) in [6, 6.07) is -0.247. The predicted molar refractivity (Wildman–Crippen MR) is 68.9 cm³/mol. The molecule has 0 spiro atoms. The number of carboxylic acids is 1. The van der Waals surface area contributed by atoms with Crippen LogP contribution in [0.2, 0.25) is 0 Å². The van der Waals surface area contributed by atoms with Crippen LogP contribution in [0.5, 0.6) is 0 Å². The Balaban J connectivity index is 1.92. The van der Waals surface area contributed by atoms with Crippen molar-refractivity contribution in [2.75, 3.05) is 26.8 Å². The van der Waals surface area contributed by atoms with E-state index in [2.05, 4.69) is 5.32 Å². The highest BCUT2D eigenvalue weighted by Gasteiger charge is 2.43. The predicted octanol–water partition coefficient (Wildman–Crippen LogP) is 1.06. The molecule has 2 N–H and O–H groups in total. The smallest absolute Gasteiger partial charge is 0.329 e. The van der Waals surface area contributed by atoms with Crippen molar-refractivity contribution >= 4 is 12.0 Å². The van der Waals surface area contributed by atoms with Crippen molar-refractivity contribution < 1.29 is 19.4 Å². The number of methoxy groups -OCH3 is 1. The Morgan fingerprint density at radius 1 is 1.42 bits per heavy atom. The number of ether oxygens (including phenoxy) is 1. The van der Waals surface area contributed by atoms with Crippen LogP contribution in [0.3, 0.4) is 0 Å². The van der Waals surface area contributed by atoms with Crippen molar-refractivity contribution in [1.29, 1.82) is 0 Å². The summed E-state index contributed by atoms with van der Waals surface area (Å²) >= 11 is 0. The number of likely N-dealkylation sites (tertiary alicyclic amines) is 1. The standard InChI is InChI=1S/C13H22N2O4/c1-19-9-10-4-7-15(8-10)12(18)14-13(11(16)17)5-2-3-6-13/h10H,2-9H2,1H3,(H,14,18)(H,16,17). The number of rotatable bonds is 4. The van der Waals surface area contributed by atoms with Gasteiger partial charge in [0.1, 0.15) is 5.54 Å². The molecule has 2 rings (SSSR count). The summed E-state index contributed by atoms with van der Waals surface area (Å²) in [5.41, 5.74) is -1.05. The van der Waals surface area contributed by atoms with Gasteiger partial charge in [-0.25, -0.2) is 9.59 Å². The zero-order valence-corrected chi connectivity index (χ0v) is 11.4. The maximum atomic E-state index is 12.2. The normalized spacial score (nSPS) is 25.5. The lowest BCUT2D eigenvalue weighted by atomic mass is 9.98. The molecule has 108 valence electrons. The van der Waals surface area contributed by atoms with Crippen LogP contribution >= 0.6 is 0 Å². The topological polar surface area (TPSA) is 78.9 Å². The van der Waals surface area contributed by atoms with Gasteiger partial charge in [-0.3, -0.25) is 0 Å². The number of nitrogens with one attached hydrogen (secondary N) is 1. The number of hydrogen-bond donors (Lipinski definition) is 2. The molecule has 2 amide bonds. The van der Waals surface area contributed by atoms with E-state index in [4.69, 9.17) is 4.74 Å². The summed E-state index contributed by atoms with van der Waals surface area (Å²) in [6.07, 6.45) is 3.70. The molecule has 0 aromatic heterocycles. The van der Waals surface area contributed by atoms with Gasteiger partial charge < -0.3 is 20.1 Å². The van der Waals surface area contributed by atoms with E-state index in [1.807, 2.05) is 0 Å². The van der Waals surface area contributed by atoms with E-state index in [0.29, 0.717) is 38.5 Å². The van der Waals surface area contributed by atoms with Crippen molar-refractivity contribution in [3.8, 4) is 0 Å². The van der Waals surface area contributed by atoms with Crippen molar-refractivity contribution in [2.24, 2.45) is 5.92 Å². The first-order valence-electron chi connectivity index (χ1n) is 6.87. The number of carbonyl (C=O) groups is 2. The van der Waals surface area contributed by atoms with Crippen LogP contribution in [0, 0.1) is 5.92 Å². The number of nitrogens with zero attached hydrogens (tertiary/aromatic N) is 1. The molecular formula is C13H22N2O4. The van der Waals surface area contributed by atoms with Crippen LogP contribution in [0.4, 0.5) is 4.79 Å². The fourth-order valence-corrected chi connectivity index (χ4v) is 3.04. The first-order chi connectivity index (χ1) is 9.07. The average molecular weight is 270 g/mol. The first kappa shape index (κ1) is 14.1. The molecular weight excluding hydrogens is 248 g/mol. The number of amides is 2. The van der Waals surface area contributed by atoms with Gasteiger partial charge in [-0.15, -0.1) is 0 Å². The molecule has 19 heavy (non-hydrogen) atoms. The molecule has 0 aromatic carbocycles. The molecule has 1 saturated carbocycles. The van der Waals surface area contributed by atoms with E-state index >= 15 is 0 Å². The highest BCUT2D eigenvalue weighted by Crippen LogP contribution is 2.30. The highest BCUT2D eigenvalue weighted by atomic mass is 16.5. The Bertz CT molecular complexity index is 353. The Labute approximate surface area is 113 Å². The SMILES string of the molecule is COCC1CCN(C(=O)NC2(C(=O)O)CCCC2)C1. The second-order valence-corrected chi connectivity index (χ2v) is 5.58. The quantitative estimate of drug-likeness (QED) is 0.800. The molecule has 2 fully saturated rings. The van der Waals surface area contributed by atoms with Crippen LogP contribution < -0.4 is 5.32 Å². The molecule has 1 unspecified atom stereocenters. The summed E-state index contributed by atoms with van der Waals surface area (Å²) in [5, 5.41) is 12.1. The maximum Gasteiger partial charge on any atom is 0.329 e. The number of urea groups is 1. The molecule has 0 radical (unpaired) electrons. The molecule has 0 bridgehead atoms. The number of aliphatic carboxylic acids is 1. The van der Waals surface area contributed by atoms with Crippen LogP contribution in [0.1, 0.15) is 32.1 Å². The molecule has 2 aliphatic rings. The molecule has 1 heterocycles. The van der Waals surface area contributed by atoms with E-state index in [0.717, 1.165) is 19.3 Å². The summed E-state index contributed by atoms with van der Waals surface area (Å²) in [4.78, 5) is 25.3. The fraction of sp³-hybridized carbons (Fsp3) is 0.846. The third-order valence-corrected chi connectivity index (χ3v) is 4.19. The molecule has 1 atom stereocenters. The van der Waals surface area contributed by atoms with Crippen molar-refractivity contribution in [3.63, 3.8) is 0 Å². The van der Waals surface area contributed by atoms with Gasteiger partial charge in [0, 0.05) is 26.1 Å². The van der Waals surface area contributed by atoms with Gasteiger partial charge in [0.25, 0.3) is 0 Å². The molecule has 1 saturated heterocycles. The van der Waals surface area contributed by atoms with E-state index in [-0.39, 0.29) is 6.03 Å². The van der Waals surface area contributed by atoms with Gasteiger partial charge in [-0.1, -0.05) is 12.8 Å². The zero-order valence-electron chi connectivity index (χ0n) is 11.4. The second-order valence-electron chi connectivity index (χ2n) is 5.58. The fourth-order valence-electron chi connectivity index (χ4n) is 3.04. The third kappa shape index (κ3) is 3.00. The van der Waals surface area contributed by atoms with Crippen LogP contribution in [-0.4, -0.2) is 54.4 Å². The monoisotopic (exact) mass is 270 g/mol. The summed E-state index contributed by atoms with van der Waals surface area (Å²) < 4.78 is 5.09. The van der Waals surface area contributed by atoms with Crippen LogP contribution in [0.25, 0.3) is 0 Å². The Hall–Kier alpha value is -1.30. The van der Waals surface area contributed by atoms with E-state index < -0.39 is 11.5 Å². The van der Waals surface area contributed by atoms with Gasteiger partial charge in [0.05, 0.1) is 6.61 Å². The first-order valence-corrected chi connectivity index (χ1v) is 6.87. The Kier molecular flexibility index (Phi) is 4.29. The van der Waals surface area contributed by atoms with E-state index in [1.165, 1.54) is 0 Å². The van der Waals surface area contributed by atoms with Gasteiger partial charge in [-0.05, 0) is 19.3 Å². The average Bonchev–Trinajstić information content (AvgIpc) is 2.99. The molecule has 6 heteroatoms. The Morgan fingerprint density at radius 3 is 2.68 bits per heavy atom.